The predicted octanol–water partition coefficient (Wildman–Crippen LogP) is 4.65. The van der Waals surface area contributed by atoms with Crippen LogP contribution in [0.25, 0.3) is 0 Å². The van der Waals surface area contributed by atoms with Crippen molar-refractivity contribution < 1.29 is 18.0 Å². The standard InChI is InChI=1S/C24H28F3N3O/c1-29-13-10-18-14-17(8-9-21(18)29)22(30-11-3-2-4-12-30)16-28-23(31)19-6-5-7-20(15-19)24(25,26)27/h5-9,14-15,22H,2-4,10-13,16H2,1H3,(H,28,31)/t22-/m0/s1. The molecule has 0 unspecified atom stereocenters. The highest BCUT2D eigenvalue weighted by molar-refractivity contribution is 5.94. The van der Waals surface area contributed by atoms with Crippen LogP contribution >= 0.6 is 0 Å². The number of nitrogens with zero attached hydrogens (tertiary/aromatic N) is 2. The first-order valence-electron chi connectivity index (χ1n) is 10.9. The third-order valence-corrected chi connectivity index (χ3v) is 6.36. The summed E-state index contributed by atoms with van der Waals surface area (Å²) in [5.41, 5.74) is 2.93. The second kappa shape index (κ2) is 8.91. The van der Waals surface area contributed by atoms with Crippen molar-refractivity contribution in [2.45, 2.75) is 37.9 Å². The fourth-order valence-corrected chi connectivity index (χ4v) is 4.61. The van der Waals surface area contributed by atoms with Crippen LogP contribution in [0.5, 0.6) is 0 Å². The zero-order valence-corrected chi connectivity index (χ0v) is 17.7. The molecule has 31 heavy (non-hydrogen) atoms. The quantitative estimate of drug-likeness (QED) is 0.748. The first-order valence-corrected chi connectivity index (χ1v) is 10.9. The second-order valence-corrected chi connectivity index (χ2v) is 8.46. The lowest BCUT2D eigenvalue weighted by atomic mass is 9.98. The number of benzene rings is 2. The summed E-state index contributed by atoms with van der Waals surface area (Å²) in [5.74, 6) is -0.478. The largest absolute Gasteiger partial charge is 0.416 e. The highest BCUT2D eigenvalue weighted by Crippen LogP contribution is 2.32. The summed E-state index contributed by atoms with van der Waals surface area (Å²) in [6.07, 6.45) is -0.0283. The van der Waals surface area contributed by atoms with Gasteiger partial charge in [0.25, 0.3) is 5.91 Å². The molecule has 0 bridgehead atoms. The van der Waals surface area contributed by atoms with Crippen LogP contribution in [-0.2, 0) is 12.6 Å². The van der Waals surface area contributed by atoms with Crippen LogP contribution in [0.2, 0.25) is 0 Å². The summed E-state index contributed by atoms with van der Waals surface area (Å²) in [6.45, 7) is 3.28. The van der Waals surface area contributed by atoms with Gasteiger partial charge in [-0.25, -0.2) is 0 Å². The van der Waals surface area contributed by atoms with Gasteiger partial charge in [-0.15, -0.1) is 0 Å². The summed E-state index contributed by atoms with van der Waals surface area (Å²) in [4.78, 5) is 17.3. The molecule has 7 heteroatoms. The number of anilines is 1. The molecule has 2 heterocycles. The van der Waals surface area contributed by atoms with Crippen LogP contribution in [0, 0.1) is 0 Å². The van der Waals surface area contributed by atoms with Crippen LogP contribution in [0.1, 0.15) is 52.4 Å². The number of piperidine rings is 1. The van der Waals surface area contributed by atoms with Gasteiger partial charge in [-0.3, -0.25) is 9.69 Å². The maximum absolute atomic E-state index is 13.0. The van der Waals surface area contributed by atoms with E-state index < -0.39 is 17.6 Å². The average molecular weight is 432 g/mol. The van der Waals surface area contributed by atoms with Crippen LogP contribution in [0.3, 0.4) is 0 Å². The van der Waals surface area contributed by atoms with Crippen molar-refractivity contribution in [2.24, 2.45) is 0 Å². The van der Waals surface area contributed by atoms with Crippen molar-refractivity contribution in [3.05, 3.63) is 64.7 Å². The molecule has 0 aliphatic carbocycles. The molecule has 0 radical (unpaired) electrons. The van der Waals surface area contributed by atoms with Gasteiger partial charge in [0.05, 0.1) is 11.6 Å². The molecule has 2 aliphatic rings. The number of alkyl halides is 3. The molecule has 2 aromatic carbocycles. The lowest BCUT2D eigenvalue weighted by molar-refractivity contribution is -0.137. The summed E-state index contributed by atoms with van der Waals surface area (Å²) in [6, 6.07) is 11.1. The lowest BCUT2D eigenvalue weighted by Crippen LogP contribution is -2.40. The smallest absolute Gasteiger partial charge is 0.374 e. The number of rotatable bonds is 5. The minimum atomic E-state index is -4.47. The Labute approximate surface area is 181 Å². The molecular weight excluding hydrogens is 403 g/mol. The van der Waals surface area contributed by atoms with Crippen LogP contribution < -0.4 is 10.2 Å². The molecule has 0 aromatic heterocycles. The van der Waals surface area contributed by atoms with E-state index in [4.69, 9.17) is 0 Å². The summed E-state index contributed by atoms with van der Waals surface area (Å²) >= 11 is 0. The molecule has 1 saturated heterocycles. The SMILES string of the molecule is CN1CCc2cc([C@H](CNC(=O)c3cccc(C(F)(F)F)c3)N3CCCCC3)ccc21. The average Bonchev–Trinajstić information content (AvgIpc) is 3.14. The summed E-state index contributed by atoms with van der Waals surface area (Å²) < 4.78 is 39.0. The first-order chi connectivity index (χ1) is 14.8. The Kier molecular flexibility index (Phi) is 6.23. The normalized spacial score (nSPS) is 18.0. The van der Waals surface area contributed by atoms with E-state index in [1.165, 1.54) is 29.8 Å². The number of hydrogen-bond donors (Lipinski definition) is 1. The Morgan fingerprint density at radius 2 is 1.84 bits per heavy atom. The van der Waals surface area contributed by atoms with Gasteiger partial charge in [0.15, 0.2) is 0 Å². The minimum Gasteiger partial charge on any atom is -0.374 e. The van der Waals surface area contributed by atoms with Gasteiger partial charge in [-0.05, 0) is 67.7 Å². The fraction of sp³-hybridized carbons (Fsp3) is 0.458. The lowest BCUT2D eigenvalue weighted by Gasteiger charge is -2.35. The van der Waals surface area contributed by atoms with Crippen LogP contribution in [-0.4, -0.2) is 44.0 Å². The molecule has 1 fully saturated rings. The summed E-state index contributed by atoms with van der Waals surface area (Å²) in [7, 11) is 2.09. The molecule has 0 spiro atoms. The van der Waals surface area contributed by atoms with Crippen LogP contribution in [0.4, 0.5) is 18.9 Å². The van der Waals surface area contributed by atoms with Gasteiger partial charge in [-0.2, -0.15) is 13.2 Å². The maximum Gasteiger partial charge on any atom is 0.416 e. The third-order valence-electron chi connectivity index (χ3n) is 6.36. The molecule has 1 atom stereocenters. The Morgan fingerprint density at radius 1 is 1.06 bits per heavy atom. The Bertz CT molecular complexity index is 938. The molecular formula is C24H28F3N3O. The van der Waals surface area contributed by atoms with E-state index in [2.05, 4.69) is 40.4 Å². The van der Waals surface area contributed by atoms with Crippen molar-refractivity contribution in [3.63, 3.8) is 0 Å². The number of halogens is 3. The van der Waals surface area contributed by atoms with Crippen molar-refractivity contribution in [1.82, 2.24) is 10.2 Å². The van der Waals surface area contributed by atoms with Crippen LogP contribution in [0.15, 0.2) is 42.5 Å². The van der Waals surface area contributed by atoms with E-state index in [0.29, 0.717) is 6.54 Å². The van der Waals surface area contributed by atoms with Gasteiger partial charge in [0.2, 0.25) is 0 Å². The fourth-order valence-electron chi connectivity index (χ4n) is 4.61. The van der Waals surface area contributed by atoms with E-state index in [1.54, 1.807) is 0 Å². The Morgan fingerprint density at radius 3 is 2.58 bits per heavy atom. The second-order valence-electron chi connectivity index (χ2n) is 8.46. The third kappa shape index (κ3) is 4.87. The number of likely N-dealkylation sites (tertiary alicyclic amines) is 1. The van der Waals surface area contributed by atoms with Gasteiger partial charge in [0.1, 0.15) is 0 Å². The van der Waals surface area contributed by atoms with E-state index >= 15 is 0 Å². The van der Waals surface area contributed by atoms with Crippen molar-refractivity contribution in [2.75, 3.05) is 38.1 Å². The highest BCUT2D eigenvalue weighted by Gasteiger charge is 2.31. The molecule has 0 saturated carbocycles. The van der Waals surface area contributed by atoms with Crippen molar-refractivity contribution in [3.8, 4) is 0 Å². The molecule has 4 rings (SSSR count). The number of amides is 1. The Hall–Kier alpha value is -2.54. The number of nitrogens with one attached hydrogen (secondary N) is 1. The van der Waals surface area contributed by atoms with E-state index in [9.17, 15) is 18.0 Å². The predicted molar refractivity (Wildman–Crippen MR) is 115 cm³/mol. The highest BCUT2D eigenvalue weighted by atomic mass is 19.4. The summed E-state index contributed by atoms with van der Waals surface area (Å²) in [5, 5.41) is 2.89. The van der Waals surface area contributed by atoms with Gasteiger partial charge >= 0.3 is 6.18 Å². The first kappa shape index (κ1) is 21.7. The number of fused-ring (bicyclic) bond motifs is 1. The van der Waals surface area contributed by atoms with Gasteiger partial charge in [-0.1, -0.05) is 24.6 Å². The maximum atomic E-state index is 13.0. The molecule has 2 aromatic rings. The number of carbonyl (C=O) groups is 1. The monoisotopic (exact) mass is 431 g/mol. The number of hydrogen-bond acceptors (Lipinski definition) is 3. The molecule has 1 amide bonds. The van der Waals surface area contributed by atoms with Crippen molar-refractivity contribution in [1.29, 1.82) is 0 Å². The zero-order valence-electron chi connectivity index (χ0n) is 17.7. The van der Waals surface area contributed by atoms with Gasteiger partial charge in [0, 0.05) is 31.4 Å². The molecule has 1 N–H and O–H groups in total. The number of carbonyl (C=O) groups excluding carboxylic acids is 1. The van der Waals surface area contributed by atoms with E-state index in [1.807, 2.05) is 0 Å². The van der Waals surface area contributed by atoms with Gasteiger partial charge < -0.3 is 10.2 Å². The van der Waals surface area contributed by atoms with Crippen molar-refractivity contribution >= 4 is 11.6 Å². The molecule has 4 nitrogen and oxygen atoms in total. The molecule has 166 valence electrons. The molecule has 2 aliphatic heterocycles. The topological polar surface area (TPSA) is 35.6 Å². The Balaban J connectivity index is 1.53. The van der Waals surface area contributed by atoms with E-state index in [-0.39, 0.29) is 11.6 Å². The zero-order chi connectivity index (χ0) is 22.0. The number of likely N-dealkylation sites (N-methyl/N-ethyl adjacent to an activating group) is 1. The van der Waals surface area contributed by atoms with E-state index in [0.717, 1.165) is 56.6 Å². The minimum absolute atomic E-state index is 0.00579.